The van der Waals surface area contributed by atoms with Crippen molar-refractivity contribution in [3.05, 3.63) is 74.8 Å². The molecule has 2 aromatic carbocycles. The third kappa shape index (κ3) is 4.95. The van der Waals surface area contributed by atoms with Crippen LogP contribution in [0.5, 0.6) is 11.5 Å². The maximum atomic E-state index is 13.0. The molecular weight excluding hydrogens is 449 g/mol. The molecule has 2 heterocycles. The largest absolute Gasteiger partial charge is 0.497 e. The summed E-state index contributed by atoms with van der Waals surface area (Å²) in [6, 6.07) is 13.4. The molecule has 0 saturated heterocycles. The molecule has 0 aliphatic rings. The molecular formula is C23H20FN3O3S2. The predicted octanol–water partition coefficient (Wildman–Crippen LogP) is 5.86. The number of ether oxygens (including phenoxy) is 2. The van der Waals surface area contributed by atoms with E-state index in [1.54, 1.807) is 26.2 Å². The van der Waals surface area contributed by atoms with Crippen molar-refractivity contribution in [3.63, 3.8) is 0 Å². The normalized spacial score (nSPS) is 10.8. The lowest BCUT2D eigenvalue weighted by atomic mass is 10.1. The highest BCUT2D eigenvalue weighted by molar-refractivity contribution is 7.16. The van der Waals surface area contributed by atoms with E-state index in [9.17, 15) is 9.18 Å². The van der Waals surface area contributed by atoms with Crippen LogP contribution >= 0.6 is 22.7 Å². The molecule has 164 valence electrons. The summed E-state index contributed by atoms with van der Waals surface area (Å²) < 4.78 is 23.8. The van der Waals surface area contributed by atoms with Gasteiger partial charge in [0.15, 0.2) is 5.13 Å². The molecule has 0 spiro atoms. The van der Waals surface area contributed by atoms with Gasteiger partial charge in [-0.1, -0.05) is 0 Å². The number of aromatic nitrogens is 2. The Hall–Kier alpha value is -3.30. The van der Waals surface area contributed by atoms with Gasteiger partial charge in [-0.15, -0.1) is 22.7 Å². The van der Waals surface area contributed by atoms with Crippen LogP contribution in [0.4, 0.5) is 9.52 Å². The van der Waals surface area contributed by atoms with E-state index in [1.807, 2.05) is 31.2 Å². The van der Waals surface area contributed by atoms with Gasteiger partial charge in [0.2, 0.25) is 0 Å². The number of benzene rings is 2. The number of amides is 1. The van der Waals surface area contributed by atoms with Crippen LogP contribution in [0.2, 0.25) is 0 Å². The highest BCUT2D eigenvalue weighted by Crippen LogP contribution is 2.32. The number of rotatable bonds is 7. The standard InChI is InChI=1S/C23H20FN3O3S2/c1-13-21(32-19(25-13)12-30-18-10-6-16(24)7-11-18)22(28)27-23-26-20(14(2)31-23)15-4-8-17(29-3)9-5-15/h4-11H,12H2,1-3H3,(H,26,27,28). The summed E-state index contributed by atoms with van der Waals surface area (Å²) in [5, 5.41) is 4.06. The fraction of sp³-hybridized carbons (Fsp3) is 0.174. The van der Waals surface area contributed by atoms with Gasteiger partial charge in [0, 0.05) is 10.4 Å². The monoisotopic (exact) mass is 469 g/mol. The quantitative estimate of drug-likeness (QED) is 0.367. The number of aryl methyl sites for hydroxylation is 2. The summed E-state index contributed by atoms with van der Waals surface area (Å²) in [7, 11) is 1.62. The van der Waals surface area contributed by atoms with Crippen LogP contribution in [-0.2, 0) is 6.61 Å². The smallest absolute Gasteiger partial charge is 0.269 e. The number of anilines is 1. The zero-order chi connectivity index (χ0) is 22.7. The number of hydrogen-bond acceptors (Lipinski definition) is 7. The van der Waals surface area contributed by atoms with Crippen LogP contribution in [-0.4, -0.2) is 23.0 Å². The Bertz CT molecular complexity index is 1230. The first-order chi connectivity index (χ1) is 15.4. The molecule has 6 nitrogen and oxygen atoms in total. The minimum absolute atomic E-state index is 0.197. The number of thiazole rings is 2. The molecule has 0 radical (unpaired) electrons. The molecule has 4 aromatic rings. The van der Waals surface area contributed by atoms with Gasteiger partial charge >= 0.3 is 0 Å². The highest BCUT2D eigenvalue weighted by Gasteiger charge is 2.18. The Kier molecular flexibility index (Phi) is 6.48. The van der Waals surface area contributed by atoms with Gasteiger partial charge in [0.25, 0.3) is 5.91 Å². The summed E-state index contributed by atoms with van der Waals surface area (Å²) in [5.74, 6) is 0.724. The molecule has 4 rings (SSSR count). The minimum atomic E-state index is -0.325. The predicted molar refractivity (Wildman–Crippen MR) is 124 cm³/mol. The van der Waals surface area contributed by atoms with Gasteiger partial charge in [-0.05, 0) is 62.4 Å². The zero-order valence-corrected chi connectivity index (χ0v) is 19.3. The van der Waals surface area contributed by atoms with Crippen LogP contribution in [0, 0.1) is 19.7 Å². The van der Waals surface area contributed by atoms with Gasteiger partial charge in [-0.25, -0.2) is 14.4 Å². The molecule has 0 aliphatic carbocycles. The van der Waals surface area contributed by atoms with Crippen molar-refractivity contribution in [2.45, 2.75) is 20.5 Å². The topological polar surface area (TPSA) is 73.3 Å². The number of nitrogens with one attached hydrogen (secondary N) is 1. The Morgan fingerprint density at radius 1 is 1.00 bits per heavy atom. The maximum absolute atomic E-state index is 13.0. The van der Waals surface area contributed by atoms with E-state index in [-0.39, 0.29) is 18.3 Å². The Morgan fingerprint density at radius 2 is 1.69 bits per heavy atom. The van der Waals surface area contributed by atoms with Crippen molar-refractivity contribution in [1.29, 1.82) is 0 Å². The number of halogens is 1. The minimum Gasteiger partial charge on any atom is -0.497 e. The molecule has 0 unspecified atom stereocenters. The Labute approximate surface area is 192 Å². The maximum Gasteiger partial charge on any atom is 0.269 e. The highest BCUT2D eigenvalue weighted by atomic mass is 32.1. The lowest BCUT2D eigenvalue weighted by Gasteiger charge is -2.03. The summed E-state index contributed by atoms with van der Waals surface area (Å²) >= 11 is 2.68. The van der Waals surface area contributed by atoms with Crippen molar-refractivity contribution in [1.82, 2.24) is 9.97 Å². The number of hydrogen-bond donors (Lipinski definition) is 1. The Morgan fingerprint density at radius 3 is 2.38 bits per heavy atom. The molecule has 32 heavy (non-hydrogen) atoms. The molecule has 0 atom stereocenters. The van der Waals surface area contributed by atoms with Gasteiger partial charge in [-0.3, -0.25) is 10.1 Å². The SMILES string of the molecule is COc1ccc(-c2nc(NC(=O)c3sc(COc4ccc(F)cc4)nc3C)sc2C)cc1. The van der Waals surface area contributed by atoms with Gasteiger partial charge < -0.3 is 9.47 Å². The van der Waals surface area contributed by atoms with Crippen molar-refractivity contribution in [3.8, 4) is 22.8 Å². The van der Waals surface area contributed by atoms with E-state index in [4.69, 9.17) is 9.47 Å². The third-order valence-corrected chi connectivity index (χ3v) is 6.62. The molecule has 1 N–H and O–H groups in total. The van der Waals surface area contributed by atoms with E-state index in [2.05, 4.69) is 15.3 Å². The first-order valence-electron chi connectivity index (χ1n) is 9.71. The molecule has 0 bridgehead atoms. The van der Waals surface area contributed by atoms with Crippen molar-refractivity contribution >= 4 is 33.7 Å². The lowest BCUT2D eigenvalue weighted by molar-refractivity contribution is 0.103. The molecule has 2 aromatic heterocycles. The lowest BCUT2D eigenvalue weighted by Crippen LogP contribution is -2.11. The fourth-order valence-electron chi connectivity index (χ4n) is 3.02. The number of nitrogens with zero attached hydrogens (tertiary/aromatic N) is 2. The molecule has 0 aliphatic heterocycles. The second kappa shape index (κ2) is 9.46. The van der Waals surface area contributed by atoms with Gasteiger partial charge in [0.05, 0.1) is 18.5 Å². The van der Waals surface area contributed by atoms with E-state index < -0.39 is 0 Å². The van der Waals surface area contributed by atoms with E-state index in [0.717, 1.165) is 21.9 Å². The van der Waals surface area contributed by atoms with E-state index >= 15 is 0 Å². The average Bonchev–Trinajstić information content (AvgIpc) is 3.35. The second-order valence-corrected chi connectivity index (χ2v) is 9.16. The van der Waals surface area contributed by atoms with E-state index in [0.29, 0.717) is 26.5 Å². The van der Waals surface area contributed by atoms with E-state index in [1.165, 1.54) is 34.8 Å². The van der Waals surface area contributed by atoms with Crippen LogP contribution in [0.1, 0.15) is 25.3 Å². The van der Waals surface area contributed by atoms with Gasteiger partial charge in [-0.2, -0.15) is 0 Å². The summed E-state index contributed by atoms with van der Waals surface area (Å²) in [6.45, 7) is 3.95. The van der Waals surface area contributed by atoms with Gasteiger partial charge in [0.1, 0.15) is 33.8 Å². The molecule has 0 saturated carbocycles. The summed E-state index contributed by atoms with van der Waals surface area (Å²) in [6.07, 6.45) is 0. The van der Waals surface area contributed by atoms with Crippen LogP contribution in [0.15, 0.2) is 48.5 Å². The summed E-state index contributed by atoms with van der Waals surface area (Å²) in [5.41, 5.74) is 2.39. The molecule has 0 fully saturated rings. The summed E-state index contributed by atoms with van der Waals surface area (Å²) in [4.78, 5) is 23.3. The van der Waals surface area contributed by atoms with Crippen LogP contribution in [0.3, 0.4) is 0 Å². The molecule has 9 heteroatoms. The Balaban J connectivity index is 1.44. The first-order valence-corrected chi connectivity index (χ1v) is 11.3. The van der Waals surface area contributed by atoms with Crippen molar-refractivity contribution in [2.24, 2.45) is 0 Å². The van der Waals surface area contributed by atoms with Crippen molar-refractivity contribution in [2.75, 3.05) is 12.4 Å². The number of carbonyl (C=O) groups is 1. The van der Waals surface area contributed by atoms with Crippen LogP contribution < -0.4 is 14.8 Å². The number of carbonyl (C=O) groups excluding carboxylic acids is 1. The van der Waals surface area contributed by atoms with Crippen molar-refractivity contribution < 1.29 is 18.7 Å². The fourth-order valence-corrected chi connectivity index (χ4v) is 4.73. The number of methoxy groups -OCH3 is 1. The van der Waals surface area contributed by atoms with Crippen LogP contribution in [0.25, 0.3) is 11.3 Å². The first kappa shape index (κ1) is 21.9. The zero-order valence-electron chi connectivity index (χ0n) is 17.6. The third-order valence-electron chi connectivity index (χ3n) is 4.60. The molecule has 1 amide bonds. The second-order valence-electron chi connectivity index (χ2n) is 6.87. The average molecular weight is 470 g/mol.